The van der Waals surface area contributed by atoms with Gasteiger partial charge in [0.25, 0.3) is 0 Å². The summed E-state index contributed by atoms with van der Waals surface area (Å²) in [7, 11) is 0. The number of hydrogen-bond acceptors (Lipinski definition) is 3. The van der Waals surface area contributed by atoms with E-state index in [1.807, 2.05) is 30.3 Å². The average molecular weight is 223 g/mol. The van der Waals surface area contributed by atoms with Gasteiger partial charge in [0.1, 0.15) is 0 Å². The van der Waals surface area contributed by atoms with Crippen LogP contribution in [0, 0.1) is 0 Å². The number of carbonyl (C=O) groups is 1. The fraction of sp³-hybridized carbons (Fsp3) is 0.417. The molecule has 0 aliphatic rings. The van der Waals surface area contributed by atoms with Gasteiger partial charge in [0.15, 0.2) is 0 Å². The van der Waals surface area contributed by atoms with Gasteiger partial charge in [-0.1, -0.05) is 30.3 Å². The summed E-state index contributed by atoms with van der Waals surface area (Å²) in [5.41, 5.74) is 5.91. The molecule has 0 spiro atoms. The normalized spacial score (nSPS) is 12.1. The van der Waals surface area contributed by atoms with Crippen LogP contribution in [0.3, 0.4) is 0 Å². The summed E-state index contributed by atoms with van der Waals surface area (Å²) in [5, 5.41) is 9.70. The molecule has 88 valence electrons. The van der Waals surface area contributed by atoms with Crippen LogP contribution >= 0.6 is 0 Å². The second-order valence-electron chi connectivity index (χ2n) is 3.65. The van der Waals surface area contributed by atoms with E-state index in [1.54, 1.807) is 0 Å². The van der Waals surface area contributed by atoms with Crippen molar-refractivity contribution >= 4 is 6.09 Å². The van der Waals surface area contributed by atoms with E-state index in [4.69, 9.17) is 5.73 Å². The molecule has 1 atom stereocenters. The van der Waals surface area contributed by atoms with Crippen LogP contribution in [0.4, 0.5) is 4.79 Å². The number of amides is 1. The maximum absolute atomic E-state index is 10.3. The minimum Gasteiger partial charge on any atom is -0.450 e. The molecule has 0 heterocycles. The maximum atomic E-state index is 10.3. The van der Waals surface area contributed by atoms with Gasteiger partial charge in [-0.15, -0.1) is 0 Å². The molecule has 16 heavy (non-hydrogen) atoms. The zero-order valence-corrected chi connectivity index (χ0v) is 9.13. The van der Waals surface area contributed by atoms with Crippen molar-refractivity contribution in [3.8, 4) is 0 Å². The molecule has 0 bridgehead atoms. The van der Waals surface area contributed by atoms with Crippen molar-refractivity contribution in [2.24, 2.45) is 5.73 Å². The quantitative estimate of drug-likeness (QED) is 0.717. The molecule has 1 unspecified atom stereocenters. The van der Waals surface area contributed by atoms with E-state index in [0.29, 0.717) is 19.3 Å². The van der Waals surface area contributed by atoms with Gasteiger partial charge >= 0.3 is 6.09 Å². The van der Waals surface area contributed by atoms with E-state index < -0.39 is 12.2 Å². The summed E-state index contributed by atoms with van der Waals surface area (Å²) in [5.74, 6) is 0. The van der Waals surface area contributed by atoms with Crippen molar-refractivity contribution < 1.29 is 14.6 Å². The van der Waals surface area contributed by atoms with Crippen LogP contribution in [-0.2, 0) is 11.2 Å². The van der Waals surface area contributed by atoms with Gasteiger partial charge in [-0.2, -0.15) is 0 Å². The summed E-state index contributed by atoms with van der Waals surface area (Å²) in [6, 6.07) is 9.78. The topological polar surface area (TPSA) is 72.6 Å². The number of carbonyl (C=O) groups excluding carboxylic acids is 1. The Kier molecular flexibility index (Phi) is 5.36. The van der Waals surface area contributed by atoms with Crippen molar-refractivity contribution in [2.45, 2.75) is 25.4 Å². The van der Waals surface area contributed by atoms with E-state index in [9.17, 15) is 9.90 Å². The molecule has 0 radical (unpaired) electrons. The second-order valence-corrected chi connectivity index (χ2v) is 3.65. The third kappa shape index (κ3) is 5.36. The van der Waals surface area contributed by atoms with Crippen molar-refractivity contribution in [1.82, 2.24) is 0 Å². The molecule has 1 amide bonds. The summed E-state index contributed by atoms with van der Waals surface area (Å²) in [4.78, 5) is 10.3. The van der Waals surface area contributed by atoms with Gasteiger partial charge in [0, 0.05) is 0 Å². The third-order valence-corrected chi connectivity index (χ3v) is 2.24. The molecule has 0 fully saturated rings. The van der Waals surface area contributed by atoms with Crippen molar-refractivity contribution in [3.05, 3.63) is 35.9 Å². The highest BCUT2D eigenvalue weighted by Crippen LogP contribution is 2.07. The zero-order valence-electron chi connectivity index (χ0n) is 9.13. The molecule has 0 saturated carbocycles. The van der Waals surface area contributed by atoms with Crippen molar-refractivity contribution in [2.75, 3.05) is 6.61 Å². The van der Waals surface area contributed by atoms with E-state index in [1.165, 1.54) is 0 Å². The standard InChI is InChI=1S/C12H17NO3/c13-12(15)16-8-4-7-11(14)9-10-5-2-1-3-6-10/h1-3,5-6,11,14H,4,7-9H2,(H2,13,15). The predicted octanol–water partition coefficient (Wildman–Crippen LogP) is 1.47. The molecule has 3 N–H and O–H groups in total. The molecule has 0 saturated heterocycles. The molecule has 1 aromatic rings. The van der Waals surface area contributed by atoms with Crippen LogP contribution in [-0.4, -0.2) is 23.9 Å². The van der Waals surface area contributed by atoms with E-state index in [0.717, 1.165) is 5.56 Å². The fourth-order valence-corrected chi connectivity index (χ4v) is 1.48. The van der Waals surface area contributed by atoms with E-state index >= 15 is 0 Å². The summed E-state index contributed by atoms with van der Waals surface area (Å²) < 4.78 is 4.57. The number of primary amides is 1. The van der Waals surface area contributed by atoms with Crippen LogP contribution in [0.2, 0.25) is 0 Å². The Bertz CT molecular complexity index is 313. The molecule has 1 rings (SSSR count). The Labute approximate surface area is 95.0 Å². The number of ether oxygens (including phenoxy) is 1. The Morgan fingerprint density at radius 3 is 2.69 bits per heavy atom. The highest BCUT2D eigenvalue weighted by Gasteiger charge is 2.05. The number of nitrogens with two attached hydrogens (primary N) is 1. The lowest BCUT2D eigenvalue weighted by Crippen LogP contribution is -2.16. The van der Waals surface area contributed by atoms with Crippen molar-refractivity contribution in [3.63, 3.8) is 0 Å². The van der Waals surface area contributed by atoms with E-state index in [-0.39, 0.29) is 6.61 Å². The molecule has 4 nitrogen and oxygen atoms in total. The average Bonchev–Trinajstić information content (AvgIpc) is 2.25. The SMILES string of the molecule is NC(=O)OCCCC(O)Cc1ccccc1. The third-order valence-electron chi connectivity index (χ3n) is 2.24. The van der Waals surface area contributed by atoms with Crippen LogP contribution in [0.15, 0.2) is 30.3 Å². The zero-order chi connectivity index (χ0) is 11.8. The van der Waals surface area contributed by atoms with Gasteiger partial charge in [-0.3, -0.25) is 0 Å². The van der Waals surface area contributed by atoms with Gasteiger partial charge in [0.2, 0.25) is 0 Å². The molecular formula is C12H17NO3. The first kappa shape index (κ1) is 12.5. The lowest BCUT2D eigenvalue weighted by molar-refractivity contribution is 0.130. The highest BCUT2D eigenvalue weighted by molar-refractivity contribution is 5.64. The van der Waals surface area contributed by atoms with Crippen LogP contribution in [0.25, 0.3) is 0 Å². The number of aliphatic hydroxyl groups is 1. The first-order valence-electron chi connectivity index (χ1n) is 5.32. The Morgan fingerprint density at radius 1 is 1.38 bits per heavy atom. The number of hydrogen-bond donors (Lipinski definition) is 2. The minimum atomic E-state index is -0.766. The van der Waals surface area contributed by atoms with Gasteiger partial charge < -0.3 is 15.6 Å². The van der Waals surface area contributed by atoms with Crippen LogP contribution in [0.1, 0.15) is 18.4 Å². The smallest absolute Gasteiger partial charge is 0.404 e. The molecule has 0 aliphatic heterocycles. The first-order chi connectivity index (χ1) is 7.68. The maximum Gasteiger partial charge on any atom is 0.404 e. The number of benzene rings is 1. The Morgan fingerprint density at radius 2 is 2.06 bits per heavy atom. The predicted molar refractivity (Wildman–Crippen MR) is 60.9 cm³/mol. The Balaban J connectivity index is 2.16. The van der Waals surface area contributed by atoms with Crippen molar-refractivity contribution in [1.29, 1.82) is 0 Å². The van der Waals surface area contributed by atoms with Crippen LogP contribution < -0.4 is 5.73 Å². The minimum absolute atomic E-state index is 0.265. The summed E-state index contributed by atoms with van der Waals surface area (Å²) in [6.07, 6.45) is 0.674. The number of rotatable bonds is 6. The fourth-order valence-electron chi connectivity index (χ4n) is 1.48. The lowest BCUT2D eigenvalue weighted by Gasteiger charge is -2.10. The van der Waals surface area contributed by atoms with Gasteiger partial charge in [0.05, 0.1) is 12.7 Å². The Hall–Kier alpha value is -1.55. The van der Waals surface area contributed by atoms with Gasteiger partial charge in [-0.05, 0) is 24.8 Å². The van der Waals surface area contributed by atoms with Crippen LogP contribution in [0.5, 0.6) is 0 Å². The first-order valence-corrected chi connectivity index (χ1v) is 5.32. The highest BCUT2D eigenvalue weighted by atomic mass is 16.5. The molecular weight excluding hydrogens is 206 g/mol. The molecule has 0 aliphatic carbocycles. The lowest BCUT2D eigenvalue weighted by atomic mass is 10.0. The largest absolute Gasteiger partial charge is 0.450 e. The summed E-state index contributed by atoms with van der Waals surface area (Å²) >= 11 is 0. The van der Waals surface area contributed by atoms with Gasteiger partial charge in [-0.25, -0.2) is 4.79 Å². The summed E-state index contributed by atoms with van der Waals surface area (Å²) in [6.45, 7) is 0.265. The molecule has 0 aromatic heterocycles. The molecule has 4 heteroatoms. The number of aliphatic hydroxyl groups excluding tert-OH is 1. The monoisotopic (exact) mass is 223 g/mol. The molecule has 1 aromatic carbocycles. The van der Waals surface area contributed by atoms with E-state index in [2.05, 4.69) is 4.74 Å². The second kappa shape index (κ2) is 6.85.